The van der Waals surface area contributed by atoms with E-state index in [2.05, 4.69) is 4.74 Å². The zero-order valence-corrected chi connectivity index (χ0v) is 20.2. The summed E-state index contributed by atoms with van der Waals surface area (Å²) in [5.74, 6) is -0.512. The lowest BCUT2D eigenvalue weighted by molar-refractivity contribution is 0.0595. The molecule has 0 atom stereocenters. The highest BCUT2D eigenvalue weighted by molar-refractivity contribution is 7.89. The molecule has 3 rings (SSSR count). The van der Waals surface area contributed by atoms with E-state index in [1.807, 2.05) is 0 Å². The van der Waals surface area contributed by atoms with E-state index >= 15 is 0 Å². The molecule has 0 saturated heterocycles. The van der Waals surface area contributed by atoms with E-state index < -0.39 is 27.4 Å². The second-order valence-electron chi connectivity index (χ2n) is 7.56. The first-order chi connectivity index (χ1) is 16.2. The van der Waals surface area contributed by atoms with E-state index in [1.165, 1.54) is 11.2 Å². The maximum absolute atomic E-state index is 14.4. The molecule has 7 nitrogen and oxygen atoms in total. The standard InChI is InChI=1S/C25H26FNO6S/c1-17-13-23(26)22(25(28)33-4)14-24(17)34(29,30)27(15-18-5-9-20(31-2)10-6-18)16-19-7-11-21(32-3)12-8-19/h5-14H,15-16H2,1-4H3. The summed E-state index contributed by atoms with van der Waals surface area (Å²) in [6.07, 6.45) is 0. The number of halogens is 1. The quantitative estimate of drug-likeness (QED) is 0.418. The number of esters is 1. The molecular weight excluding hydrogens is 461 g/mol. The van der Waals surface area contributed by atoms with Gasteiger partial charge in [0.05, 0.1) is 31.8 Å². The second-order valence-corrected chi connectivity index (χ2v) is 9.46. The summed E-state index contributed by atoms with van der Waals surface area (Å²) in [5, 5.41) is 0. The summed E-state index contributed by atoms with van der Waals surface area (Å²) in [7, 11) is 0.0570. The zero-order chi connectivity index (χ0) is 24.9. The van der Waals surface area contributed by atoms with E-state index in [1.54, 1.807) is 62.8 Å². The van der Waals surface area contributed by atoms with Gasteiger partial charge in [-0.2, -0.15) is 4.31 Å². The van der Waals surface area contributed by atoms with Gasteiger partial charge in [0.25, 0.3) is 0 Å². The average Bonchev–Trinajstić information content (AvgIpc) is 2.84. The van der Waals surface area contributed by atoms with Crippen molar-refractivity contribution in [2.45, 2.75) is 24.9 Å². The van der Waals surface area contributed by atoms with Gasteiger partial charge in [0.2, 0.25) is 10.0 Å². The van der Waals surface area contributed by atoms with Crippen LogP contribution in [0.4, 0.5) is 4.39 Å². The van der Waals surface area contributed by atoms with E-state index in [9.17, 15) is 17.6 Å². The van der Waals surface area contributed by atoms with Crippen LogP contribution in [0, 0.1) is 12.7 Å². The van der Waals surface area contributed by atoms with Crippen molar-refractivity contribution in [3.05, 3.63) is 88.7 Å². The Bertz CT molecular complexity index is 1210. The van der Waals surface area contributed by atoms with Gasteiger partial charge >= 0.3 is 5.97 Å². The topological polar surface area (TPSA) is 82.1 Å². The number of carbonyl (C=O) groups is 1. The maximum Gasteiger partial charge on any atom is 0.340 e. The molecule has 0 spiro atoms. The normalized spacial score (nSPS) is 11.4. The first-order valence-corrected chi connectivity index (χ1v) is 11.8. The number of hydrogen-bond acceptors (Lipinski definition) is 6. The second kappa shape index (κ2) is 10.7. The van der Waals surface area contributed by atoms with Gasteiger partial charge in [0.15, 0.2) is 0 Å². The molecule has 3 aromatic carbocycles. The number of carbonyl (C=O) groups excluding carboxylic acids is 1. The van der Waals surface area contributed by atoms with Crippen LogP contribution in [-0.2, 0) is 27.8 Å². The van der Waals surface area contributed by atoms with E-state index in [-0.39, 0.29) is 23.5 Å². The van der Waals surface area contributed by atoms with Gasteiger partial charge in [0.1, 0.15) is 17.3 Å². The zero-order valence-electron chi connectivity index (χ0n) is 19.4. The van der Waals surface area contributed by atoms with Crippen LogP contribution in [0.15, 0.2) is 65.6 Å². The van der Waals surface area contributed by atoms with Gasteiger partial charge in [-0.25, -0.2) is 17.6 Å². The SMILES string of the molecule is COC(=O)c1cc(S(=O)(=O)N(Cc2ccc(OC)cc2)Cc2ccc(OC)cc2)c(C)cc1F. The average molecular weight is 488 g/mol. The number of rotatable bonds is 9. The summed E-state index contributed by atoms with van der Waals surface area (Å²) in [4.78, 5) is 11.8. The fourth-order valence-corrected chi connectivity index (χ4v) is 5.08. The molecule has 0 aliphatic carbocycles. The summed E-state index contributed by atoms with van der Waals surface area (Å²) in [6, 6.07) is 16.1. The highest BCUT2D eigenvalue weighted by Crippen LogP contribution is 2.27. The number of aryl methyl sites for hydroxylation is 1. The van der Waals surface area contributed by atoms with Crippen molar-refractivity contribution in [3.63, 3.8) is 0 Å². The van der Waals surface area contributed by atoms with E-state index in [0.717, 1.165) is 30.4 Å². The summed E-state index contributed by atoms with van der Waals surface area (Å²) >= 11 is 0. The largest absolute Gasteiger partial charge is 0.497 e. The van der Waals surface area contributed by atoms with Crippen LogP contribution >= 0.6 is 0 Å². The predicted molar refractivity (Wildman–Crippen MR) is 125 cm³/mol. The molecule has 0 radical (unpaired) electrons. The van der Waals surface area contributed by atoms with Gasteiger partial charge in [-0.3, -0.25) is 0 Å². The monoisotopic (exact) mass is 487 g/mol. The van der Waals surface area contributed by atoms with Crippen molar-refractivity contribution in [1.29, 1.82) is 0 Å². The Kier molecular flexibility index (Phi) is 7.90. The Morgan fingerprint density at radius 3 is 1.74 bits per heavy atom. The first kappa shape index (κ1) is 25.2. The third-order valence-corrected chi connectivity index (χ3v) is 7.26. The Hall–Kier alpha value is -3.43. The van der Waals surface area contributed by atoms with E-state index in [0.29, 0.717) is 11.5 Å². The Morgan fingerprint density at radius 1 is 0.853 bits per heavy atom. The molecule has 0 heterocycles. The van der Waals surface area contributed by atoms with Crippen LogP contribution in [0.2, 0.25) is 0 Å². The molecule has 0 unspecified atom stereocenters. The van der Waals surface area contributed by atoms with Crippen LogP contribution in [0.1, 0.15) is 27.0 Å². The minimum absolute atomic E-state index is 0.0444. The van der Waals surface area contributed by atoms with Crippen LogP contribution in [0.5, 0.6) is 11.5 Å². The van der Waals surface area contributed by atoms with Crippen molar-refractivity contribution >= 4 is 16.0 Å². The van der Waals surface area contributed by atoms with Crippen LogP contribution < -0.4 is 9.47 Å². The molecule has 0 bridgehead atoms. The van der Waals surface area contributed by atoms with Crippen LogP contribution in [0.3, 0.4) is 0 Å². The fourth-order valence-electron chi connectivity index (χ4n) is 3.43. The molecular formula is C25H26FNO6S. The molecule has 0 aliphatic rings. The highest BCUT2D eigenvalue weighted by Gasteiger charge is 2.29. The molecule has 0 amide bonds. The molecule has 0 N–H and O–H groups in total. The number of hydrogen-bond donors (Lipinski definition) is 0. The summed E-state index contributed by atoms with van der Waals surface area (Å²) < 4.78 is 58.2. The highest BCUT2D eigenvalue weighted by atomic mass is 32.2. The van der Waals surface area contributed by atoms with Crippen LogP contribution in [0.25, 0.3) is 0 Å². The summed E-state index contributed by atoms with van der Waals surface area (Å²) in [5.41, 5.74) is 1.19. The molecule has 9 heteroatoms. The van der Waals surface area contributed by atoms with Crippen molar-refractivity contribution in [3.8, 4) is 11.5 Å². The lowest BCUT2D eigenvalue weighted by atomic mass is 10.1. The Labute approximate surface area is 198 Å². The van der Waals surface area contributed by atoms with Crippen molar-refractivity contribution in [2.75, 3.05) is 21.3 Å². The molecule has 0 aromatic heterocycles. The minimum Gasteiger partial charge on any atom is -0.497 e. The van der Waals surface area contributed by atoms with Gasteiger partial charge < -0.3 is 14.2 Å². The number of ether oxygens (including phenoxy) is 3. The number of methoxy groups -OCH3 is 3. The van der Waals surface area contributed by atoms with Gasteiger partial charge in [-0.15, -0.1) is 0 Å². The minimum atomic E-state index is -4.14. The van der Waals surface area contributed by atoms with Gasteiger partial charge in [0, 0.05) is 13.1 Å². The molecule has 180 valence electrons. The van der Waals surface area contributed by atoms with Crippen molar-refractivity contribution in [1.82, 2.24) is 4.31 Å². The predicted octanol–water partition coefficient (Wildman–Crippen LogP) is 4.33. The Morgan fingerprint density at radius 2 is 1.32 bits per heavy atom. The summed E-state index contributed by atoms with van der Waals surface area (Å²) in [6.45, 7) is 1.57. The lowest BCUT2D eigenvalue weighted by Crippen LogP contribution is -2.31. The molecule has 0 fully saturated rings. The molecule has 34 heavy (non-hydrogen) atoms. The van der Waals surface area contributed by atoms with Crippen molar-refractivity contribution < 1.29 is 31.8 Å². The number of nitrogens with zero attached hydrogens (tertiary/aromatic N) is 1. The third kappa shape index (κ3) is 5.55. The van der Waals surface area contributed by atoms with Crippen LogP contribution in [-0.4, -0.2) is 40.0 Å². The van der Waals surface area contributed by atoms with Crippen molar-refractivity contribution in [2.24, 2.45) is 0 Å². The lowest BCUT2D eigenvalue weighted by Gasteiger charge is -2.24. The number of sulfonamides is 1. The number of benzene rings is 3. The Balaban J connectivity index is 2.06. The first-order valence-electron chi connectivity index (χ1n) is 10.3. The fraction of sp³-hybridized carbons (Fsp3) is 0.240. The molecule has 0 saturated carbocycles. The van der Waals surface area contributed by atoms with Gasteiger partial charge in [-0.05, 0) is 60.0 Å². The van der Waals surface area contributed by atoms with E-state index in [4.69, 9.17) is 9.47 Å². The maximum atomic E-state index is 14.4. The third-order valence-electron chi connectivity index (χ3n) is 5.32. The smallest absolute Gasteiger partial charge is 0.340 e. The molecule has 0 aliphatic heterocycles. The van der Waals surface area contributed by atoms with Gasteiger partial charge in [-0.1, -0.05) is 24.3 Å². The molecule has 3 aromatic rings.